The van der Waals surface area contributed by atoms with E-state index in [-0.39, 0.29) is 11.9 Å². The second-order valence-electron chi connectivity index (χ2n) is 4.78. The van der Waals surface area contributed by atoms with Crippen LogP contribution in [0.25, 0.3) is 0 Å². The molecule has 0 fully saturated rings. The molecular formula is C15H18N4O. The SMILES string of the molecule is CC(Nc1ccc(C(=O)N(C)C)nn1)c1ccccc1. The molecule has 5 nitrogen and oxygen atoms in total. The van der Waals surface area contributed by atoms with Crippen LogP contribution in [0.1, 0.15) is 29.0 Å². The fraction of sp³-hybridized carbons (Fsp3) is 0.267. The second kappa shape index (κ2) is 6.14. The number of aromatic nitrogens is 2. The monoisotopic (exact) mass is 270 g/mol. The fourth-order valence-electron chi connectivity index (χ4n) is 1.80. The number of nitrogens with one attached hydrogen (secondary N) is 1. The van der Waals surface area contributed by atoms with Crippen molar-refractivity contribution >= 4 is 11.7 Å². The van der Waals surface area contributed by atoms with Gasteiger partial charge in [-0.1, -0.05) is 30.3 Å². The molecule has 1 N–H and O–H groups in total. The van der Waals surface area contributed by atoms with Crippen LogP contribution in [0.3, 0.4) is 0 Å². The zero-order valence-corrected chi connectivity index (χ0v) is 11.9. The lowest BCUT2D eigenvalue weighted by molar-refractivity contribution is 0.0821. The number of hydrogen-bond acceptors (Lipinski definition) is 4. The first-order chi connectivity index (χ1) is 9.58. The summed E-state index contributed by atoms with van der Waals surface area (Å²) in [6, 6.07) is 13.7. The van der Waals surface area contributed by atoms with Gasteiger partial charge in [0.05, 0.1) is 0 Å². The molecule has 0 saturated heterocycles. The van der Waals surface area contributed by atoms with E-state index in [9.17, 15) is 4.79 Å². The molecule has 0 spiro atoms. The highest BCUT2D eigenvalue weighted by atomic mass is 16.2. The Balaban J connectivity index is 2.06. The summed E-state index contributed by atoms with van der Waals surface area (Å²) in [6.45, 7) is 2.05. The van der Waals surface area contributed by atoms with Gasteiger partial charge in [-0.15, -0.1) is 10.2 Å². The molecule has 1 unspecified atom stereocenters. The summed E-state index contributed by atoms with van der Waals surface area (Å²) in [5.74, 6) is 0.497. The van der Waals surface area contributed by atoms with E-state index in [2.05, 4.69) is 34.6 Å². The Morgan fingerprint density at radius 2 is 1.80 bits per heavy atom. The van der Waals surface area contributed by atoms with E-state index in [0.717, 1.165) is 0 Å². The van der Waals surface area contributed by atoms with E-state index in [1.165, 1.54) is 10.5 Å². The second-order valence-corrected chi connectivity index (χ2v) is 4.78. The number of carbonyl (C=O) groups is 1. The van der Waals surface area contributed by atoms with Crippen LogP contribution < -0.4 is 5.32 Å². The Morgan fingerprint density at radius 1 is 1.10 bits per heavy atom. The molecule has 0 aliphatic carbocycles. The molecular weight excluding hydrogens is 252 g/mol. The van der Waals surface area contributed by atoms with Crippen LogP contribution >= 0.6 is 0 Å². The number of rotatable bonds is 4. The Hall–Kier alpha value is -2.43. The van der Waals surface area contributed by atoms with Gasteiger partial charge in [-0.3, -0.25) is 4.79 Å². The molecule has 5 heteroatoms. The summed E-state index contributed by atoms with van der Waals surface area (Å²) in [7, 11) is 3.38. The van der Waals surface area contributed by atoms with Crippen LogP contribution in [0.4, 0.5) is 5.82 Å². The maximum atomic E-state index is 11.7. The maximum absolute atomic E-state index is 11.7. The van der Waals surface area contributed by atoms with Gasteiger partial charge in [-0.05, 0) is 24.6 Å². The Labute approximate surface area is 118 Å². The first-order valence-corrected chi connectivity index (χ1v) is 6.45. The molecule has 20 heavy (non-hydrogen) atoms. The molecule has 104 valence electrons. The summed E-state index contributed by atoms with van der Waals surface area (Å²) in [4.78, 5) is 13.2. The van der Waals surface area contributed by atoms with Crippen molar-refractivity contribution in [3.05, 3.63) is 53.7 Å². The molecule has 1 atom stereocenters. The van der Waals surface area contributed by atoms with E-state index in [4.69, 9.17) is 0 Å². The lowest BCUT2D eigenvalue weighted by atomic mass is 10.1. The minimum atomic E-state index is -0.153. The van der Waals surface area contributed by atoms with Gasteiger partial charge in [0.25, 0.3) is 5.91 Å². The van der Waals surface area contributed by atoms with Crippen LogP contribution in [-0.4, -0.2) is 35.1 Å². The molecule has 1 aromatic heterocycles. The summed E-state index contributed by atoms with van der Waals surface area (Å²) < 4.78 is 0. The van der Waals surface area contributed by atoms with Crippen molar-refractivity contribution in [2.75, 3.05) is 19.4 Å². The van der Waals surface area contributed by atoms with Crippen molar-refractivity contribution in [1.82, 2.24) is 15.1 Å². The highest BCUT2D eigenvalue weighted by Gasteiger charge is 2.11. The lowest BCUT2D eigenvalue weighted by Crippen LogP contribution is -2.23. The van der Waals surface area contributed by atoms with Crippen molar-refractivity contribution in [1.29, 1.82) is 0 Å². The number of hydrogen-bond donors (Lipinski definition) is 1. The third-order valence-corrected chi connectivity index (χ3v) is 2.95. The first kappa shape index (κ1) is 14.0. The summed E-state index contributed by atoms with van der Waals surface area (Å²) in [5.41, 5.74) is 1.51. The number of amides is 1. The van der Waals surface area contributed by atoms with E-state index in [0.29, 0.717) is 11.5 Å². The Morgan fingerprint density at radius 3 is 2.35 bits per heavy atom. The van der Waals surface area contributed by atoms with Gasteiger partial charge in [-0.2, -0.15) is 0 Å². The minimum absolute atomic E-state index is 0.126. The molecule has 0 aliphatic rings. The van der Waals surface area contributed by atoms with Gasteiger partial charge < -0.3 is 10.2 Å². The van der Waals surface area contributed by atoms with E-state index < -0.39 is 0 Å². The van der Waals surface area contributed by atoms with Crippen molar-refractivity contribution in [3.8, 4) is 0 Å². The molecule has 0 saturated carbocycles. The molecule has 2 rings (SSSR count). The normalized spacial score (nSPS) is 11.8. The molecule has 1 aromatic carbocycles. The van der Waals surface area contributed by atoms with Crippen LogP contribution in [0.2, 0.25) is 0 Å². The molecule has 1 amide bonds. The van der Waals surface area contributed by atoms with Gasteiger partial charge >= 0.3 is 0 Å². The van der Waals surface area contributed by atoms with Crippen LogP contribution in [-0.2, 0) is 0 Å². The quantitative estimate of drug-likeness (QED) is 0.926. The zero-order valence-electron chi connectivity index (χ0n) is 11.9. The maximum Gasteiger partial charge on any atom is 0.273 e. The van der Waals surface area contributed by atoms with Crippen molar-refractivity contribution in [2.45, 2.75) is 13.0 Å². The minimum Gasteiger partial charge on any atom is -0.362 e. The average molecular weight is 270 g/mol. The van der Waals surface area contributed by atoms with Gasteiger partial charge in [0.2, 0.25) is 0 Å². The number of carbonyl (C=O) groups excluding carboxylic acids is 1. The molecule has 2 aromatic rings. The van der Waals surface area contributed by atoms with Gasteiger partial charge in [0, 0.05) is 20.1 Å². The lowest BCUT2D eigenvalue weighted by Gasteiger charge is -2.14. The number of anilines is 1. The topological polar surface area (TPSA) is 58.1 Å². The Bertz CT molecular complexity index is 566. The first-order valence-electron chi connectivity index (χ1n) is 6.45. The van der Waals surface area contributed by atoms with Crippen molar-refractivity contribution in [2.24, 2.45) is 0 Å². The van der Waals surface area contributed by atoms with Crippen molar-refractivity contribution in [3.63, 3.8) is 0 Å². The fourth-order valence-corrected chi connectivity index (χ4v) is 1.80. The predicted molar refractivity (Wildman–Crippen MR) is 78.5 cm³/mol. The third kappa shape index (κ3) is 3.32. The third-order valence-electron chi connectivity index (χ3n) is 2.95. The standard InChI is InChI=1S/C15H18N4O/c1-11(12-7-5-4-6-8-12)16-14-10-9-13(17-18-14)15(20)19(2)3/h4-11H,1-3H3,(H,16,18). The largest absolute Gasteiger partial charge is 0.362 e. The van der Waals surface area contributed by atoms with Gasteiger partial charge in [0.1, 0.15) is 5.82 Å². The van der Waals surface area contributed by atoms with Crippen LogP contribution in [0.15, 0.2) is 42.5 Å². The number of benzene rings is 1. The zero-order chi connectivity index (χ0) is 14.5. The summed E-state index contributed by atoms with van der Waals surface area (Å²) in [6.07, 6.45) is 0. The highest BCUT2D eigenvalue weighted by Crippen LogP contribution is 2.16. The van der Waals surface area contributed by atoms with E-state index in [1.54, 1.807) is 26.2 Å². The van der Waals surface area contributed by atoms with E-state index >= 15 is 0 Å². The predicted octanol–water partition coefficient (Wildman–Crippen LogP) is 2.35. The van der Waals surface area contributed by atoms with E-state index in [1.807, 2.05) is 18.2 Å². The average Bonchev–Trinajstić information content (AvgIpc) is 2.48. The summed E-state index contributed by atoms with van der Waals surface area (Å²) >= 11 is 0. The van der Waals surface area contributed by atoms with Crippen molar-refractivity contribution < 1.29 is 4.79 Å². The molecule has 0 bridgehead atoms. The van der Waals surface area contributed by atoms with Gasteiger partial charge in [-0.25, -0.2) is 0 Å². The molecule has 1 heterocycles. The number of nitrogens with zero attached hydrogens (tertiary/aromatic N) is 3. The van der Waals surface area contributed by atoms with Gasteiger partial charge in [0.15, 0.2) is 5.69 Å². The Kier molecular flexibility index (Phi) is 4.30. The van der Waals surface area contributed by atoms with Crippen LogP contribution in [0.5, 0.6) is 0 Å². The summed E-state index contributed by atoms with van der Waals surface area (Å²) in [5, 5.41) is 11.2. The highest BCUT2D eigenvalue weighted by molar-refractivity contribution is 5.91. The molecule has 0 aliphatic heterocycles. The smallest absolute Gasteiger partial charge is 0.273 e. The van der Waals surface area contributed by atoms with Crippen LogP contribution in [0, 0.1) is 0 Å². The molecule has 0 radical (unpaired) electrons.